The number of rotatable bonds is 5. The lowest BCUT2D eigenvalue weighted by Gasteiger charge is -2.05. The molecule has 1 aromatic carbocycles. The summed E-state index contributed by atoms with van der Waals surface area (Å²) >= 11 is 1.58. The minimum atomic E-state index is -0.190. The topological polar surface area (TPSA) is 81.5 Å². The molecule has 1 N–H and O–H groups in total. The number of thiazole rings is 1. The molecule has 0 spiro atoms. The molecular weight excluding hydrogens is 340 g/mol. The van der Waals surface area contributed by atoms with Crippen molar-refractivity contribution >= 4 is 22.3 Å². The summed E-state index contributed by atoms with van der Waals surface area (Å²) in [4.78, 5) is 9.56. The second-order valence-electron chi connectivity index (χ2n) is 5.63. The van der Waals surface area contributed by atoms with Crippen molar-refractivity contribution in [3.8, 4) is 17.2 Å². The Hall–Kier alpha value is -2.64. The number of aryl methyl sites for hydroxylation is 2. The van der Waals surface area contributed by atoms with Crippen LogP contribution in [-0.2, 0) is 13.2 Å². The molecule has 128 valence electrons. The Morgan fingerprint density at radius 3 is 2.80 bits per heavy atom. The fourth-order valence-corrected chi connectivity index (χ4v) is 3.35. The molecule has 0 saturated heterocycles. The minimum Gasteiger partial charge on any atom is -0.488 e. The molecule has 3 heterocycles. The van der Waals surface area contributed by atoms with Gasteiger partial charge in [0.1, 0.15) is 36.1 Å². The van der Waals surface area contributed by atoms with Gasteiger partial charge in [-0.25, -0.2) is 9.97 Å². The molecule has 3 aromatic heterocycles. The molecule has 0 aliphatic heterocycles. The Balaban J connectivity index is 1.69. The number of aromatic nitrogens is 2. The number of benzene rings is 1. The highest BCUT2D eigenvalue weighted by atomic mass is 32.1. The average molecular weight is 356 g/mol. The van der Waals surface area contributed by atoms with Gasteiger partial charge in [-0.2, -0.15) is 0 Å². The lowest BCUT2D eigenvalue weighted by Crippen LogP contribution is -1.94. The molecule has 4 aromatic rings. The zero-order valence-electron chi connectivity index (χ0n) is 13.8. The van der Waals surface area contributed by atoms with Gasteiger partial charge in [0.15, 0.2) is 0 Å². The van der Waals surface area contributed by atoms with Crippen molar-refractivity contribution in [3.05, 3.63) is 52.0 Å². The van der Waals surface area contributed by atoms with Gasteiger partial charge in [-0.1, -0.05) is 0 Å². The fourth-order valence-electron chi connectivity index (χ4n) is 2.66. The van der Waals surface area contributed by atoms with Crippen LogP contribution in [0.4, 0.5) is 0 Å². The second kappa shape index (κ2) is 6.34. The van der Waals surface area contributed by atoms with Crippen LogP contribution < -0.4 is 4.74 Å². The van der Waals surface area contributed by atoms with Crippen LogP contribution in [0.3, 0.4) is 0 Å². The van der Waals surface area contributed by atoms with Crippen LogP contribution in [0, 0.1) is 13.8 Å². The van der Waals surface area contributed by atoms with Crippen LogP contribution in [0.1, 0.15) is 22.1 Å². The number of hydrogen-bond donors (Lipinski definition) is 1. The summed E-state index contributed by atoms with van der Waals surface area (Å²) in [7, 11) is 0. The van der Waals surface area contributed by atoms with Crippen LogP contribution in [0.5, 0.6) is 5.75 Å². The summed E-state index contributed by atoms with van der Waals surface area (Å²) in [5, 5.41) is 10.0. The Morgan fingerprint density at radius 1 is 1.20 bits per heavy atom. The number of fused-ring (bicyclic) bond motifs is 1. The maximum Gasteiger partial charge on any atom is 0.230 e. The molecule has 4 rings (SSSR count). The van der Waals surface area contributed by atoms with Gasteiger partial charge in [0.2, 0.25) is 5.89 Å². The molecule has 0 bridgehead atoms. The third kappa shape index (κ3) is 2.92. The molecule has 0 saturated carbocycles. The van der Waals surface area contributed by atoms with E-state index in [1.807, 2.05) is 37.6 Å². The molecule has 0 unspecified atom stereocenters. The van der Waals surface area contributed by atoms with Crippen LogP contribution in [0.25, 0.3) is 22.4 Å². The zero-order valence-corrected chi connectivity index (χ0v) is 14.6. The lowest BCUT2D eigenvalue weighted by atomic mass is 10.1. The van der Waals surface area contributed by atoms with E-state index in [2.05, 4.69) is 9.97 Å². The van der Waals surface area contributed by atoms with Gasteiger partial charge in [0.05, 0.1) is 27.8 Å². The number of nitrogens with zero attached hydrogens (tertiary/aromatic N) is 2. The first-order valence-corrected chi connectivity index (χ1v) is 8.64. The van der Waals surface area contributed by atoms with Crippen molar-refractivity contribution in [1.29, 1.82) is 0 Å². The number of aliphatic hydroxyl groups excluding tert-OH is 1. The van der Waals surface area contributed by atoms with Gasteiger partial charge in [-0.3, -0.25) is 0 Å². The van der Waals surface area contributed by atoms with E-state index in [1.54, 1.807) is 11.3 Å². The summed E-state index contributed by atoms with van der Waals surface area (Å²) in [5.41, 5.74) is 4.31. The zero-order chi connectivity index (χ0) is 17.4. The lowest BCUT2D eigenvalue weighted by molar-refractivity contribution is 0.248. The van der Waals surface area contributed by atoms with Gasteiger partial charge in [0, 0.05) is 5.39 Å². The van der Waals surface area contributed by atoms with Crippen LogP contribution in [0.15, 0.2) is 38.7 Å². The quantitative estimate of drug-likeness (QED) is 0.576. The van der Waals surface area contributed by atoms with Crippen molar-refractivity contribution < 1.29 is 18.7 Å². The standard InChI is InChI=1S/C18H16N2O4S/c1-10-16(25-9-20-10)8-22-12-3-4-15-14(5-12)17(11(2)23-15)18-19-6-13(7-21)24-18/h3-6,9,21H,7-8H2,1-2H3. The smallest absolute Gasteiger partial charge is 0.230 e. The number of hydrogen-bond acceptors (Lipinski definition) is 7. The van der Waals surface area contributed by atoms with Crippen LogP contribution >= 0.6 is 11.3 Å². The number of ether oxygens (including phenoxy) is 1. The van der Waals surface area contributed by atoms with E-state index < -0.39 is 0 Å². The van der Waals surface area contributed by atoms with E-state index in [0.29, 0.717) is 24.0 Å². The van der Waals surface area contributed by atoms with E-state index >= 15 is 0 Å². The van der Waals surface area contributed by atoms with E-state index in [4.69, 9.17) is 13.6 Å². The summed E-state index contributed by atoms with van der Waals surface area (Å²) < 4.78 is 17.3. The maximum absolute atomic E-state index is 9.18. The molecule has 6 nitrogen and oxygen atoms in total. The van der Waals surface area contributed by atoms with Gasteiger partial charge < -0.3 is 18.7 Å². The molecule has 0 fully saturated rings. The third-order valence-corrected chi connectivity index (χ3v) is 4.88. The normalized spacial score (nSPS) is 11.3. The van der Waals surface area contributed by atoms with E-state index in [1.165, 1.54) is 6.20 Å². The maximum atomic E-state index is 9.18. The minimum absolute atomic E-state index is 0.190. The van der Waals surface area contributed by atoms with Gasteiger partial charge in [-0.05, 0) is 32.0 Å². The van der Waals surface area contributed by atoms with E-state index in [-0.39, 0.29) is 6.61 Å². The Kier molecular flexibility index (Phi) is 4.03. The first-order valence-electron chi connectivity index (χ1n) is 7.76. The van der Waals surface area contributed by atoms with Gasteiger partial charge in [-0.15, -0.1) is 11.3 Å². The number of oxazole rings is 1. The third-order valence-electron chi connectivity index (χ3n) is 3.97. The summed E-state index contributed by atoms with van der Waals surface area (Å²) in [6.07, 6.45) is 1.51. The van der Waals surface area contributed by atoms with E-state index in [0.717, 1.165) is 32.9 Å². The van der Waals surface area contributed by atoms with Crippen molar-refractivity contribution in [2.75, 3.05) is 0 Å². The predicted molar refractivity (Wildman–Crippen MR) is 93.6 cm³/mol. The predicted octanol–water partition coefficient (Wildman–Crippen LogP) is 4.23. The molecule has 0 radical (unpaired) electrons. The highest BCUT2D eigenvalue weighted by molar-refractivity contribution is 7.09. The van der Waals surface area contributed by atoms with Gasteiger partial charge >= 0.3 is 0 Å². The fraction of sp³-hybridized carbons (Fsp3) is 0.222. The first kappa shape index (κ1) is 15.9. The molecule has 0 aliphatic carbocycles. The van der Waals surface area contributed by atoms with Crippen molar-refractivity contribution in [2.45, 2.75) is 27.1 Å². The molecule has 0 atom stereocenters. The molecule has 25 heavy (non-hydrogen) atoms. The Bertz CT molecular complexity index is 1030. The Morgan fingerprint density at radius 2 is 2.08 bits per heavy atom. The molecular formula is C18H16N2O4S. The second-order valence-corrected chi connectivity index (χ2v) is 6.57. The first-order chi connectivity index (χ1) is 12.2. The SMILES string of the molecule is Cc1ncsc1COc1ccc2oc(C)c(-c3ncc(CO)o3)c2c1. The van der Waals surface area contributed by atoms with Crippen molar-refractivity contribution in [1.82, 2.24) is 9.97 Å². The molecule has 0 aliphatic rings. The number of furan rings is 1. The highest BCUT2D eigenvalue weighted by Gasteiger charge is 2.18. The summed E-state index contributed by atoms with van der Waals surface area (Å²) in [6.45, 7) is 4.11. The number of aliphatic hydroxyl groups is 1. The highest BCUT2D eigenvalue weighted by Crippen LogP contribution is 2.36. The average Bonchev–Trinajstić information content (AvgIpc) is 3.30. The van der Waals surface area contributed by atoms with Crippen molar-refractivity contribution in [3.63, 3.8) is 0 Å². The molecule has 0 amide bonds. The summed E-state index contributed by atoms with van der Waals surface area (Å²) in [6, 6.07) is 5.66. The van der Waals surface area contributed by atoms with Crippen LogP contribution in [-0.4, -0.2) is 15.1 Å². The summed E-state index contributed by atoms with van der Waals surface area (Å²) in [5.74, 6) is 2.28. The molecule has 7 heteroatoms. The largest absolute Gasteiger partial charge is 0.488 e. The monoisotopic (exact) mass is 356 g/mol. The van der Waals surface area contributed by atoms with E-state index in [9.17, 15) is 5.11 Å². The van der Waals surface area contributed by atoms with Crippen molar-refractivity contribution in [2.24, 2.45) is 0 Å². The Labute approximate surface area is 147 Å². The van der Waals surface area contributed by atoms with Gasteiger partial charge in [0.25, 0.3) is 0 Å². The van der Waals surface area contributed by atoms with Crippen LogP contribution in [0.2, 0.25) is 0 Å².